The van der Waals surface area contributed by atoms with Crippen molar-refractivity contribution in [2.75, 3.05) is 13.7 Å². The Bertz CT molecular complexity index is 615. The first-order valence-electron chi connectivity index (χ1n) is 6.95. The molecule has 8 heteroatoms. The summed E-state index contributed by atoms with van der Waals surface area (Å²) in [6.45, 7) is 4.45. The Morgan fingerprint density at radius 2 is 2.23 bits per heavy atom. The quantitative estimate of drug-likeness (QED) is 0.819. The van der Waals surface area contributed by atoms with Gasteiger partial charge in [-0.15, -0.1) is 5.10 Å². The molecule has 0 aliphatic rings. The van der Waals surface area contributed by atoms with E-state index in [1.165, 1.54) is 11.0 Å². The number of amides is 1. The van der Waals surface area contributed by atoms with Gasteiger partial charge in [0.05, 0.1) is 19.8 Å². The van der Waals surface area contributed by atoms with Crippen LogP contribution in [0.4, 0.5) is 0 Å². The molecule has 1 aromatic carbocycles. The number of carbonyl (C=O) groups excluding carboxylic acids is 1. The van der Waals surface area contributed by atoms with Crippen molar-refractivity contribution in [1.29, 1.82) is 0 Å². The van der Waals surface area contributed by atoms with Crippen LogP contribution >= 0.6 is 0 Å². The largest absolute Gasteiger partial charge is 0.493 e. The summed E-state index contributed by atoms with van der Waals surface area (Å²) in [6, 6.07) is 5.41. The summed E-state index contributed by atoms with van der Waals surface area (Å²) in [6.07, 6.45) is 1.39. The highest BCUT2D eigenvalue weighted by Gasteiger charge is 2.13. The molecule has 0 saturated carbocycles. The van der Waals surface area contributed by atoms with Crippen LogP contribution in [0.5, 0.6) is 11.5 Å². The third-order valence-corrected chi connectivity index (χ3v) is 3.06. The highest BCUT2D eigenvalue weighted by molar-refractivity contribution is 5.76. The summed E-state index contributed by atoms with van der Waals surface area (Å²) in [5.74, 6) is 1.15. The lowest BCUT2D eigenvalue weighted by Gasteiger charge is -2.17. The molecule has 1 aromatic heterocycles. The lowest BCUT2D eigenvalue weighted by atomic mass is 10.1. The summed E-state index contributed by atoms with van der Waals surface area (Å²) in [4.78, 5) is 11.9. The molecule has 22 heavy (non-hydrogen) atoms. The zero-order valence-corrected chi connectivity index (χ0v) is 12.8. The molecule has 0 saturated heterocycles. The Morgan fingerprint density at radius 1 is 1.41 bits per heavy atom. The van der Waals surface area contributed by atoms with Crippen LogP contribution in [0, 0.1) is 0 Å². The lowest BCUT2D eigenvalue weighted by Crippen LogP contribution is -2.30. The first kappa shape index (κ1) is 15.7. The van der Waals surface area contributed by atoms with Crippen LogP contribution < -0.4 is 14.8 Å². The van der Waals surface area contributed by atoms with E-state index in [1.54, 1.807) is 7.11 Å². The second kappa shape index (κ2) is 7.39. The van der Waals surface area contributed by atoms with Crippen LogP contribution in [0.2, 0.25) is 0 Å². The van der Waals surface area contributed by atoms with E-state index >= 15 is 0 Å². The maximum absolute atomic E-state index is 11.9. The normalized spacial score (nSPS) is 11.8. The van der Waals surface area contributed by atoms with Gasteiger partial charge < -0.3 is 14.8 Å². The standard InChI is InChI=1S/C14H19N5O3/c1-4-22-12-6-5-11(7-13(12)21-3)10(2)16-14(20)8-19-9-15-17-18-19/h5-7,9-10H,4,8H2,1-3H3,(H,16,20)/t10-/m0/s1. The highest BCUT2D eigenvalue weighted by atomic mass is 16.5. The van der Waals surface area contributed by atoms with Gasteiger partial charge in [0.1, 0.15) is 12.9 Å². The summed E-state index contributed by atoms with van der Waals surface area (Å²) >= 11 is 0. The van der Waals surface area contributed by atoms with E-state index in [-0.39, 0.29) is 18.5 Å². The number of nitrogens with one attached hydrogen (secondary N) is 1. The lowest BCUT2D eigenvalue weighted by molar-refractivity contribution is -0.122. The molecule has 2 aromatic rings. The molecule has 0 fully saturated rings. The average Bonchev–Trinajstić information content (AvgIpc) is 3.00. The number of tetrazole rings is 1. The van der Waals surface area contributed by atoms with Crippen LogP contribution in [-0.2, 0) is 11.3 Å². The van der Waals surface area contributed by atoms with Crippen LogP contribution in [0.15, 0.2) is 24.5 Å². The Labute approximate surface area is 128 Å². The van der Waals surface area contributed by atoms with E-state index in [2.05, 4.69) is 20.8 Å². The van der Waals surface area contributed by atoms with Crippen molar-refractivity contribution in [2.24, 2.45) is 0 Å². The van der Waals surface area contributed by atoms with Gasteiger partial charge >= 0.3 is 0 Å². The van der Waals surface area contributed by atoms with E-state index in [0.717, 1.165) is 5.56 Å². The minimum absolute atomic E-state index is 0.0749. The van der Waals surface area contributed by atoms with Crippen LogP contribution in [0.3, 0.4) is 0 Å². The highest BCUT2D eigenvalue weighted by Crippen LogP contribution is 2.30. The number of methoxy groups -OCH3 is 1. The van der Waals surface area contributed by atoms with E-state index in [0.29, 0.717) is 18.1 Å². The fraction of sp³-hybridized carbons (Fsp3) is 0.429. The number of ether oxygens (including phenoxy) is 2. The molecule has 118 valence electrons. The van der Waals surface area contributed by atoms with Gasteiger partial charge in [0, 0.05) is 0 Å². The van der Waals surface area contributed by atoms with Crippen LogP contribution in [0.25, 0.3) is 0 Å². The maximum atomic E-state index is 11.9. The fourth-order valence-corrected chi connectivity index (χ4v) is 2.00. The second-order valence-electron chi connectivity index (χ2n) is 4.64. The van der Waals surface area contributed by atoms with Gasteiger partial charge in [0.25, 0.3) is 0 Å². The van der Waals surface area contributed by atoms with E-state index in [9.17, 15) is 4.79 Å². The number of carbonyl (C=O) groups is 1. The monoisotopic (exact) mass is 305 g/mol. The minimum Gasteiger partial charge on any atom is -0.493 e. The Morgan fingerprint density at radius 3 is 2.86 bits per heavy atom. The molecule has 1 amide bonds. The number of hydrogen-bond donors (Lipinski definition) is 1. The summed E-state index contributed by atoms with van der Waals surface area (Å²) < 4.78 is 12.1. The number of aromatic nitrogens is 4. The fourth-order valence-electron chi connectivity index (χ4n) is 2.00. The first-order chi connectivity index (χ1) is 10.6. The number of benzene rings is 1. The molecule has 0 aliphatic heterocycles. The molecule has 1 atom stereocenters. The maximum Gasteiger partial charge on any atom is 0.242 e. The number of hydrogen-bond acceptors (Lipinski definition) is 6. The van der Waals surface area contributed by atoms with Gasteiger partial charge in [-0.1, -0.05) is 6.07 Å². The topological polar surface area (TPSA) is 91.2 Å². The molecule has 8 nitrogen and oxygen atoms in total. The van der Waals surface area contributed by atoms with Gasteiger partial charge in [-0.2, -0.15) is 0 Å². The van der Waals surface area contributed by atoms with Crippen molar-refractivity contribution in [3.05, 3.63) is 30.1 Å². The molecule has 0 aliphatic carbocycles. The molecular formula is C14H19N5O3. The van der Waals surface area contributed by atoms with Gasteiger partial charge in [-0.3, -0.25) is 4.79 Å². The van der Waals surface area contributed by atoms with Crippen molar-refractivity contribution < 1.29 is 14.3 Å². The second-order valence-corrected chi connectivity index (χ2v) is 4.64. The summed E-state index contributed by atoms with van der Waals surface area (Å²) in [5, 5.41) is 13.5. The van der Waals surface area contributed by atoms with Crippen molar-refractivity contribution in [3.63, 3.8) is 0 Å². The SMILES string of the molecule is CCOc1ccc([C@H](C)NC(=O)Cn2cnnn2)cc1OC. The number of rotatable bonds is 7. The Balaban J connectivity index is 2.02. The average molecular weight is 305 g/mol. The molecular weight excluding hydrogens is 286 g/mol. The van der Waals surface area contributed by atoms with Gasteiger partial charge in [-0.25, -0.2) is 4.68 Å². The summed E-state index contributed by atoms with van der Waals surface area (Å²) in [5.41, 5.74) is 0.922. The molecule has 1 heterocycles. The number of nitrogens with zero attached hydrogens (tertiary/aromatic N) is 4. The van der Waals surface area contributed by atoms with Gasteiger partial charge in [0.2, 0.25) is 5.91 Å². The molecule has 0 spiro atoms. The third-order valence-electron chi connectivity index (χ3n) is 3.06. The Kier molecular flexibility index (Phi) is 5.29. The molecule has 0 radical (unpaired) electrons. The van der Waals surface area contributed by atoms with Crippen LogP contribution in [-0.4, -0.2) is 39.8 Å². The van der Waals surface area contributed by atoms with Crippen molar-refractivity contribution in [3.8, 4) is 11.5 Å². The zero-order chi connectivity index (χ0) is 15.9. The van der Waals surface area contributed by atoms with Crippen LogP contribution in [0.1, 0.15) is 25.5 Å². The first-order valence-corrected chi connectivity index (χ1v) is 6.95. The molecule has 0 unspecified atom stereocenters. The van der Waals surface area contributed by atoms with Gasteiger partial charge in [0.15, 0.2) is 11.5 Å². The molecule has 1 N–H and O–H groups in total. The van der Waals surface area contributed by atoms with Crippen molar-refractivity contribution in [2.45, 2.75) is 26.4 Å². The van der Waals surface area contributed by atoms with E-state index in [1.807, 2.05) is 32.0 Å². The minimum atomic E-state index is -0.173. The van der Waals surface area contributed by atoms with E-state index < -0.39 is 0 Å². The van der Waals surface area contributed by atoms with Crippen molar-refractivity contribution >= 4 is 5.91 Å². The van der Waals surface area contributed by atoms with Crippen molar-refractivity contribution in [1.82, 2.24) is 25.5 Å². The zero-order valence-electron chi connectivity index (χ0n) is 12.8. The molecule has 2 rings (SSSR count). The Hall–Kier alpha value is -2.64. The van der Waals surface area contributed by atoms with E-state index in [4.69, 9.17) is 9.47 Å². The molecule has 0 bridgehead atoms. The predicted octanol–water partition coefficient (Wildman–Crippen LogP) is 0.958. The van der Waals surface area contributed by atoms with Gasteiger partial charge in [-0.05, 0) is 42.0 Å². The smallest absolute Gasteiger partial charge is 0.242 e. The predicted molar refractivity (Wildman–Crippen MR) is 78.5 cm³/mol. The summed E-state index contributed by atoms with van der Waals surface area (Å²) in [7, 11) is 1.59. The third kappa shape index (κ3) is 3.94.